The van der Waals surface area contributed by atoms with Crippen molar-refractivity contribution in [2.24, 2.45) is 10.9 Å². The van der Waals surface area contributed by atoms with Crippen LogP contribution in [0.5, 0.6) is 0 Å². The minimum atomic E-state index is -4.14. The summed E-state index contributed by atoms with van der Waals surface area (Å²) in [6.07, 6.45) is 0.426. The van der Waals surface area contributed by atoms with E-state index in [1.807, 2.05) is 30.3 Å². The number of thioether (sulfide) groups is 1. The number of nitrogens with zero attached hydrogens (tertiary/aromatic N) is 1. The average molecular weight is 367 g/mol. The molecule has 0 spiro atoms. The van der Waals surface area contributed by atoms with Crippen LogP contribution in [0.4, 0.5) is 0 Å². The van der Waals surface area contributed by atoms with Crippen LogP contribution in [0.1, 0.15) is 12.5 Å². The summed E-state index contributed by atoms with van der Waals surface area (Å²) in [5.74, 6) is -1.26. The van der Waals surface area contributed by atoms with Crippen LogP contribution in [0.3, 0.4) is 0 Å². The molecule has 0 saturated carbocycles. The molecule has 1 aromatic carbocycles. The third-order valence-electron chi connectivity index (χ3n) is 2.78. The van der Waals surface area contributed by atoms with Gasteiger partial charge in [-0.1, -0.05) is 42.1 Å². The van der Waals surface area contributed by atoms with E-state index in [2.05, 4.69) is 4.99 Å². The Hall–Kier alpha value is -0.380. The zero-order valence-corrected chi connectivity index (χ0v) is 16.8. The molecule has 0 bridgehead atoms. The topological polar surface area (TPSA) is 107 Å². The van der Waals surface area contributed by atoms with Crippen LogP contribution < -0.4 is 34.7 Å². The Morgan fingerprint density at radius 1 is 1.35 bits per heavy atom. The van der Waals surface area contributed by atoms with Crippen molar-refractivity contribution in [1.82, 2.24) is 0 Å². The number of hydrogen-bond donors (Lipinski definition) is 1. The fourth-order valence-electron chi connectivity index (χ4n) is 1.73. The monoisotopic (exact) mass is 367 g/mol. The van der Waals surface area contributed by atoms with Crippen molar-refractivity contribution in [1.29, 1.82) is 0 Å². The minimum absolute atomic E-state index is 0. The van der Waals surface area contributed by atoms with E-state index in [0.29, 0.717) is 12.2 Å². The first-order valence-corrected chi connectivity index (χ1v) is 9.21. The summed E-state index contributed by atoms with van der Waals surface area (Å²) in [4.78, 5) is 14.8. The molecule has 0 amide bonds. The van der Waals surface area contributed by atoms with Gasteiger partial charge in [-0.15, -0.1) is 0 Å². The van der Waals surface area contributed by atoms with Gasteiger partial charge < -0.3 is 10.1 Å². The van der Waals surface area contributed by atoms with Gasteiger partial charge in [-0.05, 0) is 17.9 Å². The van der Waals surface area contributed by atoms with E-state index in [1.54, 1.807) is 0 Å². The molecule has 0 saturated heterocycles. The van der Waals surface area contributed by atoms with Gasteiger partial charge in [0, 0.05) is 18.6 Å². The van der Waals surface area contributed by atoms with Gasteiger partial charge in [-0.2, -0.15) is 8.42 Å². The van der Waals surface area contributed by atoms with Crippen LogP contribution in [-0.4, -0.2) is 42.0 Å². The van der Waals surface area contributed by atoms with Gasteiger partial charge in [0.2, 0.25) is 0 Å². The van der Waals surface area contributed by atoms with Crippen molar-refractivity contribution in [3.63, 3.8) is 0 Å². The standard InChI is InChI=1S/C14H19NO5S2.Na/c1-11(16)21-10-13(9-12-5-3-2-4-6-12)14(17)15-7-8-22(18,19)20;/h2-6,13H,7-10H2,1H3,(H,15,17)(H,18,19,20);/q;+1/p-1/t13-;/m1./s1. The molecule has 6 nitrogen and oxygen atoms in total. The van der Waals surface area contributed by atoms with Gasteiger partial charge in [0.15, 0.2) is 5.12 Å². The van der Waals surface area contributed by atoms with Crippen LogP contribution in [-0.2, 0) is 21.3 Å². The molecule has 0 heterocycles. The van der Waals surface area contributed by atoms with E-state index in [-0.39, 0.29) is 41.2 Å². The Kier molecular flexibility index (Phi) is 11.0. The third-order valence-corrected chi connectivity index (χ3v) is 4.45. The fraction of sp³-hybridized carbons (Fsp3) is 0.429. The average Bonchev–Trinajstić information content (AvgIpc) is 2.42. The minimum Gasteiger partial charge on any atom is -0.862 e. The number of carbonyl (C=O) groups excluding carboxylic acids is 1. The predicted octanol–water partition coefficient (Wildman–Crippen LogP) is -2.22. The maximum absolute atomic E-state index is 12.1. The molecule has 122 valence electrons. The first kappa shape index (κ1) is 22.6. The first-order chi connectivity index (χ1) is 10.3. The van der Waals surface area contributed by atoms with Gasteiger partial charge in [-0.3, -0.25) is 9.35 Å². The fourth-order valence-corrected chi connectivity index (χ4v) is 2.75. The molecule has 0 aliphatic heterocycles. The quantitative estimate of drug-likeness (QED) is 0.241. The Morgan fingerprint density at radius 3 is 2.48 bits per heavy atom. The summed E-state index contributed by atoms with van der Waals surface area (Å²) in [6.45, 7) is 1.14. The van der Waals surface area contributed by atoms with E-state index in [0.717, 1.165) is 17.3 Å². The van der Waals surface area contributed by atoms with Crippen molar-refractivity contribution in [2.75, 3.05) is 18.1 Å². The predicted molar refractivity (Wildman–Crippen MR) is 85.5 cm³/mol. The Labute approximate surface area is 162 Å². The SMILES string of the molecule is CC(=O)SC[C@@H](Cc1ccccc1)C([O-])=NCCS(=O)(=O)O.[Na+]. The molecule has 0 unspecified atom stereocenters. The number of hydrogen-bond acceptors (Lipinski definition) is 6. The maximum atomic E-state index is 12.1. The normalized spacial score (nSPS) is 13.2. The second kappa shape index (κ2) is 11.2. The summed E-state index contributed by atoms with van der Waals surface area (Å²) in [7, 11) is -4.14. The Morgan fingerprint density at radius 2 is 1.96 bits per heavy atom. The number of rotatable bonds is 8. The van der Waals surface area contributed by atoms with Crippen LogP contribution in [0.2, 0.25) is 0 Å². The summed E-state index contributed by atoms with van der Waals surface area (Å²) >= 11 is 1.04. The molecule has 0 aromatic heterocycles. The summed E-state index contributed by atoms with van der Waals surface area (Å²) in [5.41, 5.74) is 0.940. The molecule has 0 aliphatic carbocycles. The first-order valence-electron chi connectivity index (χ1n) is 6.61. The molecule has 1 rings (SSSR count). The molecule has 0 radical (unpaired) electrons. The van der Waals surface area contributed by atoms with E-state index >= 15 is 0 Å². The van der Waals surface area contributed by atoms with Gasteiger partial charge in [0.1, 0.15) is 0 Å². The van der Waals surface area contributed by atoms with Gasteiger partial charge >= 0.3 is 29.6 Å². The maximum Gasteiger partial charge on any atom is 1.00 e. The van der Waals surface area contributed by atoms with E-state index in [9.17, 15) is 18.3 Å². The van der Waals surface area contributed by atoms with Crippen molar-refractivity contribution in [3.05, 3.63) is 35.9 Å². The van der Waals surface area contributed by atoms with Gasteiger partial charge in [0.05, 0.1) is 12.3 Å². The summed E-state index contributed by atoms with van der Waals surface area (Å²) in [6, 6.07) is 9.31. The van der Waals surface area contributed by atoms with Crippen LogP contribution in [0.25, 0.3) is 0 Å². The molecule has 1 atom stereocenters. The Bertz CT molecular complexity index is 619. The third kappa shape index (κ3) is 10.9. The largest absolute Gasteiger partial charge is 1.00 e. The summed E-state index contributed by atoms with van der Waals surface area (Å²) < 4.78 is 29.9. The van der Waals surface area contributed by atoms with E-state index in [1.165, 1.54) is 6.92 Å². The van der Waals surface area contributed by atoms with Crippen LogP contribution in [0, 0.1) is 5.92 Å². The molecule has 9 heteroatoms. The van der Waals surface area contributed by atoms with E-state index in [4.69, 9.17) is 4.55 Å². The molecule has 1 N–H and O–H groups in total. The molecule has 1 aromatic rings. The molecule has 23 heavy (non-hydrogen) atoms. The van der Waals surface area contributed by atoms with Crippen LogP contribution >= 0.6 is 11.8 Å². The van der Waals surface area contributed by atoms with Crippen molar-refractivity contribution < 1.29 is 52.4 Å². The smallest absolute Gasteiger partial charge is 0.862 e. The van der Waals surface area contributed by atoms with Crippen LogP contribution in [0.15, 0.2) is 35.3 Å². The molecular formula is C14H18NNaO5S2. The number of benzene rings is 1. The van der Waals surface area contributed by atoms with Gasteiger partial charge in [0.25, 0.3) is 10.1 Å². The zero-order chi connectivity index (χ0) is 16.6. The van der Waals surface area contributed by atoms with Crippen molar-refractivity contribution >= 4 is 32.9 Å². The molecule has 0 fully saturated rings. The van der Waals surface area contributed by atoms with Gasteiger partial charge in [-0.25, -0.2) is 0 Å². The second-order valence-electron chi connectivity index (χ2n) is 4.70. The number of aliphatic imine (C=N–C) groups is 1. The molecule has 0 aliphatic rings. The number of carbonyl (C=O) groups is 1. The molecular weight excluding hydrogens is 349 g/mol. The van der Waals surface area contributed by atoms with Crippen molar-refractivity contribution in [3.8, 4) is 0 Å². The Balaban J connectivity index is 0.00000484. The van der Waals surface area contributed by atoms with E-state index < -0.39 is 27.7 Å². The second-order valence-corrected chi connectivity index (χ2v) is 7.46. The zero-order valence-electron chi connectivity index (χ0n) is 13.1. The van der Waals surface area contributed by atoms with Crippen molar-refractivity contribution in [2.45, 2.75) is 13.3 Å². The summed E-state index contributed by atoms with van der Waals surface area (Å²) in [5, 5.41) is 12.0.